The smallest absolute Gasteiger partial charge is 0.235 e. The van der Waals surface area contributed by atoms with Gasteiger partial charge in [0.05, 0.1) is 17.3 Å². The molecule has 0 unspecified atom stereocenters. The highest BCUT2D eigenvalue weighted by molar-refractivity contribution is 6.33. The van der Waals surface area contributed by atoms with Crippen LogP contribution in [0.4, 0.5) is 10.1 Å². The minimum absolute atomic E-state index is 0.236. The molecule has 0 fully saturated rings. The predicted octanol–water partition coefficient (Wildman–Crippen LogP) is 2.78. The number of anilines is 1. The van der Waals surface area contributed by atoms with Crippen molar-refractivity contribution in [3.63, 3.8) is 0 Å². The summed E-state index contributed by atoms with van der Waals surface area (Å²) >= 11 is 5.83. The Morgan fingerprint density at radius 1 is 1.44 bits per heavy atom. The Bertz CT molecular complexity index is 480. The summed E-state index contributed by atoms with van der Waals surface area (Å²) in [5, 5.41) is 10.6. The molecule has 1 aromatic carbocycles. The number of aromatic nitrogens is 2. The number of rotatable bonds is 3. The van der Waals surface area contributed by atoms with E-state index >= 15 is 0 Å². The van der Waals surface area contributed by atoms with Gasteiger partial charge in [0.1, 0.15) is 5.82 Å². The third-order valence-electron chi connectivity index (χ3n) is 1.95. The topological polar surface area (TPSA) is 51.0 Å². The lowest BCUT2D eigenvalue weighted by atomic mass is 10.3. The molecule has 0 aliphatic heterocycles. The van der Waals surface area contributed by atoms with E-state index in [1.54, 1.807) is 19.1 Å². The maximum atomic E-state index is 13.3. The molecule has 0 aliphatic rings. The summed E-state index contributed by atoms with van der Waals surface area (Å²) in [4.78, 5) is 0. The Morgan fingerprint density at radius 2 is 2.25 bits per heavy atom. The van der Waals surface area contributed by atoms with Crippen molar-refractivity contribution in [3.8, 4) is 0 Å². The SMILES string of the molecule is Cc1nnc(CNc2c(F)cccc2Cl)o1. The van der Waals surface area contributed by atoms with Crippen LogP contribution >= 0.6 is 11.6 Å². The molecular formula is C10H9ClFN3O. The summed E-state index contributed by atoms with van der Waals surface area (Å²) in [5.74, 6) is 0.442. The van der Waals surface area contributed by atoms with E-state index in [-0.39, 0.29) is 12.2 Å². The van der Waals surface area contributed by atoms with Crippen LogP contribution in [-0.4, -0.2) is 10.2 Å². The third-order valence-corrected chi connectivity index (χ3v) is 2.26. The van der Waals surface area contributed by atoms with E-state index in [4.69, 9.17) is 16.0 Å². The van der Waals surface area contributed by atoms with Crippen LogP contribution in [0.2, 0.25) is 5.02 Å². The van der Waals surface area contributed by atoms with E-state index in [1.165, 1.54) is 6.07 Å². The van der Waals surface area contributed by atoms with E-state index < -0.39 is 5.82 Å². The Kier molecular flexibility index (Phi) is 3.05. The largest absolute Gasteiger partial charge is 0.424 e. The van der Waals surface area contributed by atoms with E-state index in [0.29, 0.717) is 16.8 Å². The Morgan fingerprint density at radius 3 is 2.88 bits per heavy atom. The standard InChI is InChI=1S/C10H9ClFN3O/c1-6-14-15-9(16-6)5-13-10-7(11)3-2-4-8(10)12/h2-4,13H,5H2,1H3. The van der Waals surface area contributed by atoms with E-state index in [0.717, 1.165) is 0 Å². The van der Waals surface area contributed by atoms with Crippen LogP contribution in [-0.2, 0) is 6.54 Å². The fourth-order valence-electron chi connectivity index (χ4n) is 1.24. The number of para-hydroxylation sites is 1. The summed E-state index contributed by atoms with van der Waals surface area (Å²) in [5.41, 5.74) is 0.236. The zero-order valence-electron chi connectivity index (χ0n) is 8.50. The van der Waals surface area contributed by atoms with Gasteiger partial charge < -0.3 is 9.73 Å². The highest BCUT2D eigenvalue weighted by Gasteiger charge is 2.08. The van der Waals surface area contributed by atoms with Crippen molar-refractivity contribution >= 4 is 17.3 Å². The Hall–Kier alpha value is -1.62. The van der Waals surface area contributed by atoms with Gasteiger partial charge in [-0.1, -0.05) is 17.7 Å². The number of benzene rings is 1. The molecule has 0 saturated heterocycles. The van der Waals surface area contributed by atoms with E-state index in [1.807, 2.05) is 0 Å². The molecule has 0 saturated carbocycles. The van der Waals surface area contributed by atoms with Crippen LogP contribution in [0.1, 0.15) is 11.8 Å². The van der Waals surface area contributed by atoms with Gasteiger partial charge in [-0.05, 0) is 12.1 Å². The third kappa shape index (κ3) is 2.30. The number of hydrogen-bond acceptors (Lipinski definition) is 4. The molecule has 0 spiro atoms. The quantitative estimate of drug-likeness (QED) is 0.898. The molecule has 2 rings (SSSR count). The number of nitrogens with zero attached hydrogens (tertiary/aromatic N) is 2. The maximum Gasteiger partial charge on any atom is 0.235 e. The molecule has 4 nitrogen and oxygen atoms in total. The highest BCUT2D eigenvalue weighted by atomic mass is 35.5. The van der Waals surface area contributed by atoms with Crippen LogP contribution in [0.25, 0.3) is 0 Å². The van der Waals surface area contributed by atoms with Crippen LogP contribution in [0.5, 0.6) is 0 Å². The van der Waals surface area contributed by atoms with Crippen LogP contribution in [0.3, 0.4) is 0 Å². The lowest BCUT2D eigenvalue weighted by Crippen LogP contribution is -2.02. The zero-order valence-corrected chi connectivity index (χ0v) is 9.25. The van der Waals surface area contributed by atoms with Crippen LogP contribution in [0, 0.1) is 12.7 Å². The summed E-state index contributed by atoms with van der Waals surface area (Å²) < 4.78 is 18.5. The second kappa shape index (κ2) is 4.49. The van der Waals surface area contributed by atoms with Crippen molar-refractivity contribution in [2.45, 2.75) is 13.5 Å². The molecule has 2 aromatic rings. The average molecular weight is 242 g/mol. The summed E-state index contributed by atoms with van der Waals surface area (Å²) in [6, 6.07) is 4.47. The molecule has 16 heavy (non-hydrogen) atoms. The van der Waals surface area contributed by atoms with Crippen LogP contribution < -0.4 is 5.32 Å². The molecule has 1 aromatic heterocycles. The molecule has 1 heterocycles. The highest BCUT2D eigenvalue weighted by Crippen LogP contribution is 2.24. The number of hydrogen-bond donors (Lipinski definition) is 1. The number of nitrogens with one attached hydrogen (secondary N) is 1. The van der Waals surface area contributed by atoms with Crippen molar-refractivity contribution < 1.29 is 8.81 Å². The lowest BCUT2D eigenvalue weighted by Gasteiger charge is -2.06. The van der Waals surface area contributed by atoms with Gasteiger partial charge in [-0.3, -0.25) is 0 Å². The summed E-state index contributed by atoms with van der Waals surface area (Å²) in [6.07, 6.45) is 0. The first kappa shape index (κ1) is 10.9. The molecule has 6 heteroatoms. The molecule has 0 atom stereocenters. The average Bonchev–Trinajstić information content (AvgIpc) is 2.63. The zero-order chi connectivity index (χ0) is 11.5. The number of halogens is 2. The van der Waals surface area contributed by atoms with Gasteiger partial charge in [0.25, 0.3) is 0 Å². The fourth-order valence-corrected chi connectivity index (χ4v) is 1.47. The van der Waals surface area contributed by atoms with Crippen molar-refractivity contribution in [2.75, 3.05) is 5.32 Å². The van der Waals surface area contributed by atoms with Gasteiger partial charge in [-0.15, -0.1) is 10.2 Å². The summed E-state index contributed by atoms with van der Waals surface area (Å²) in [6.45, 7) is 1.92. The minimum Gasteiger partial charge on any atom is -0.424 e. The first-order valence-corrected chi connectivity index (χ1v) is 5.01. The summed E-state index contributed by atoms with van der Waals surface area (Å²) in [7, 11) is 0. The maximum absolute atomic E-state index is 13.3. The molecule has 0 radical (unpaired) electrons. The van der Waals surface area contributed by atoms with E-state index in [2.05, 4.69) is 15.5 Å². The molecule has 0 amide bonds. The van der Waals surface area contributed by atoms with Gasteiger partial charge in [0, 0.05) is 6.92 Å². The van der Waals surface area contributed by atoms with Gasteiger partial charge in [-0.25, -0.2) is 4.39 Å². The van der Waals surface area contributed by atoms with Gasteiger partial charge in [0.2, 0.25) is 11.8 Å². The number of aryl methyl sites for hydroxylation is 1. The lowest BCUT2D eigenvalue weighted by molar-refractivity contribution is 0.474. The first-order valence-electron chi connectivity index (χ1n) is 4.63. The molecule has 0 aliphatic carbocycles. The minimum atomic E-state index is -0.413. The molecule has 84 valence electrons. The van der Waals surface area contributed by atoms with Gasteiger partial charge in [0.15, 0.2) is 0 Å². The molecule has 1 N–H and O–H groups in total. The normalized spacial score (nSPS) is 10.4. The van der Waals surface area contributed by atoms with Crippen molar-refractivity contribution in [2.24, 2.45) is 0 Å². The van der Waals surface area contributed by atoms with E-state index in [9.17, 15) is 4.39 Å². The monoisotopic (exact) mass is 241 g/mol. The Labute approximate surface area is 96.4 Å². The predicted molar refractivity (Wildman–Crippen MR) is 57.8 cm³/mol. The van der Waals surface area contributed by atoms with Crippen molar-refractivity contribution in [1.29, 1.82) is 0 Å². The first-order chi connectivity index (χ1) is 7.66. The second-order valence-electron chi connectivity index (χ2n) is 3.17. The van der Waals surface area contributed by atoms with Crippen LogP contribution in [0.15, 0.2) is 22.6 Å². The fraction of sp³-hybridized carbons (Fsp3) is 0.200. The van der Waals surface area contributed by atoms with Crippen molar-refractivity contribution in [3.05, 3.63) is 40.8 Å². The van der Waals surface area contributed by atoms with Gasteiger partial charge >= 0.3 is 0 Å². The molecule has 0 bridgehead atoms. The van der Waals surface area contributed by atoms with Crippen molar-refractivity contribution in [1.82, 2.24) is 10.2 Å². The van der Waals surface area contributed by atoms with Gasteiger partial charge in [-0.2, -0.15) is 0 Å². The second-order valence-corrected chi connectivity index (χ2v) is 3.57. The molecular weight excluding hydrogens is 233 g/mol. The Balaban J connectivity index is 2.10.